The van der Waals surface area contributed by atoms with Crippen molar-refractivity contribution in [2.45, 2.75) is 78.4 Å². The van der Waals surface area contributed by atoms with Crippen LogP contribution in [-0.4, -0.2) is 35.4 Å². The molecular weight excluding hydrogens is 400 g/mol. The number of carbonyl (C=O) groups is 2. The first-order valence-corrected chi connectivity index (χ1v) is 11.5. The van der Waals surface area contributed by atoms with E-state index in [0.717, 1.165) is 23.3 Å². The van der Waals surface area contributed by atoms with Crippen LogP contribution in [0, 0.1) is 0 Å². The predicted molar refractivity (Wildman–Crippen MR) is 130 cm³/mol. The van der Waals surface area contributed by atoms with E-state index in [0.29, 0.717) is 25.8 Å². The monoisotopic (exact) mass is 438 g/mol. The Morgan fingerprint density at radius 2 is 1.66 bits per heavy atom. The highest BCUT2D eigenvalue weighted by molar-refractivity contribution is 5.88. The first-order chi connectivity index (χ1) is 15.2. The van der Waals surface area contributed by atoms with E-state index in [1.807, 2.05) is 52.0 Å². The SMILES string of the molecule is CCc1ccc(CCC(=O)N(Cc2cccc(OC)c2)[C@@H](CC)C(=O)NC(C)(C)C)cc1. The molecular formula is C27H38N2O3. The van der Waals surface area contributed by atoms with Crippen LogP contribution in [0.25, 0.3) is 0 Å². The van der Waals surface area contributed by atoms with E-state index in [4.69, 9.17) is 4.74 Å². The average Bonchev–Trinajstić information content (AvgIpc) is 2.76. The van der Waals surface area contributed by atoms with Crippen molar-refractivity contribution in [1.82, 2.24) is 10.2 Å². The van der Waals surface area contributed by atoms with Crippen LogP contribution in [0.1, 0.15) is 64.2 Å². The highest BCUT2D eigenvalue weighted by Crippen LogP contribution is 2.19. The lowest BCUT2D eigenvalue weighted by molar-refractivity contribution is -0.142. The van der Waals surface area contributed by atoms with E-state index in [-0.39, 0.29) is 17.4 Å². The zero-order valence-corrected chi connectivity index (χ0v) is 20.4. The Morgan fingerprint density at radius 3 is 2.22 bits per heavy atom. The van der Waals surface area contributed by atoms with Crippen LogP contribution in [0.15, 0.2) is 48.5 Å². The maximum Gasteiger partial charge on any atom is 0.243 e. The molecule has 0 fully saturated rings. The van der Waals surface area contributed by atoms with Crippen LogP contribution in [0.5, 0.6) is 5.75 Å². The number of carbonyl (C=O) groups excluding carboxylic acids is 2. The number of hydrogen-bond donors (Lipinski definition) is 1. The van der Waals surface area contributed by atoms with Crippen molar-refractivity contribution in [2.75, 3.05) is 7.11 Å². The molecule has 0 heterocycles. The van der Waals surface area contributed by atoms with Gasteiger partial charge in [-0.25, -0.2) is 0 Å². The molecule has 2 aromatic carbocycles. The van der Waals surface area contributed by atoms with Gasteiger partial charge in [0.15, 0.2) is 0 Å². The first kappa shape index (κ1) is 25.4. The molecule has 0 saturated carbocycles. The molecule has 0 aliphatic heterocycles. The zero-order chi connectivity index (χ0) is 23.7. The van der Waals surface area contributed by atoms with Crippen LogP contribution in [-0.2, 0) is 29.0 Å². The molecule has 0 bridgehead atoms. The summed E-state index contributed by atoms with van der Waals surface area (Å²) in [6.45, 7) is 10.3. The topological polar surface area (TPSA) is 58.6 Å². The molecule has 5 heteroatoms. The van der Waals surface area contributed by atoms with Crippen molar-refractivity contribution in [2.24, 2.45) is 0 Å². The number of methoxy groups -OCH3 is 1. The average molecular weight is 439 g/mol. The summed E-state index contributed by atoms with van der Waals surface area (Å²) < 4.78 is 5.34. The lowest BCUT2D eigenvalue weighted by Gasteiger charge is -2.33. The van der Waals surface area contributed by atoms with Gasteiger partial charge in [-0.15, -0.1) is 0 Å². The Morgan fingerprint density at radius 1 is 1.00 bits per heavy atom. The molecule has 0 saturated heterocycles. The fourth-order valence-corrected chi connectivity index (χ4v) is 3.68. The van der Waals surface area contributed by atoms with Gasteiger partial charge in [-0.05, 0) is 68.9 Å². The normalized spacial score (nSPS) is 12.2. The molecule has 1 atom stereocenters. The lowest BCUT2D eigenvalue weighted by Crippen LogP contribution is -2.53. The van der Waals surface area contributed by atoms with Gasteiger partial charge >= 0.3 is 0 Å². The van der Waals surface area contributed by atoms with E-state index in [9.17, 15) is 9.59 Å². The van der Waals surface area contributed by atoms with Gasteiger partial charge in [-0.3, -0.25) is 9.59 Å². The number of rotatable bonds is 10. The van der Waals surface area contributed by atoms with Crippen LogP contribution in [0.3, 0.4) is 0 Å². The quantitative estimate of drug-likeness (QED) is 0.573. The number of benzene rings is 2. The molecule has 0 spiro atoms. The summed E-state index contributed by atoms with van der Waals surface area (Å²) in [5, 5.41) is 3.04. The molecule has 0 aliphatic carbocycles. The highest BCUT2D eigenvalue weighted by atomic mass is 16.5. The summed E-state index contributed by atoms with van der Waals surface area (Å²) in [5.41, 5.74) is 2.98. The maximum atomic E-state index is 13.4. The number of nitrogens with one attached hydrogen (secondary N) is 1. The second kappa shape index (κ2) is 11.7. The van der Waals surface area contributed by atoms with Gasteiger partial charge in [0.2, 0.25) is 11.8 Å². The van der Waals surface area contributed by atoms with Crippen molar-refractivity contribution in [3.8, 4) is 5.75 Å². The van der Waals surface area contributed by atoms with E-state index in [2.05, 4.69) is 36.5 Å². The summed E-state index contributed by atoms with van der Waals surface area (Å²) in [6, 6.07) is 15.5. The molecule has 0 unspecified atom stereocenters. The number of hydrogen-bond acceptors (Lipinski definition) is 3. The minimum absolute atomic E-state index is 0.0247. The molecule has 32 heavy (non-hydrogen) atoms. The lowest BCUT2D eigenvalue weighted by atomic mass is 10.0. The Balaban J connectivity index is 2.23. The van der Waals surface area contributed by atoms with Crippen LogP contribution < -0.4 is 10.1 Å². The predicted octanol–water partition coefficient (Wildman–Crippen LogP) is 4.91. The van der Waals surface area contributed by atoms with Gasteiger partial charge < -0.3 is 15.0 Å². The summed E-state index contributed by atoms with van der Waals surface area (Å²) in [6.07, 6.45) is 2.54. The second-order valence-electron chi connectivity index (χ2n) is 9.21. The van der Waals surface area contributed by atoms with Crippen molar-refractivity contribution in [3.63, 3.8) is 0 Å². The van der Waals surface area contributed by atoms with Crippen molar-refractivity contribution < 1.29 is 14.3 Å². The minimum Gasteiger partial charge on any atom is -0.497 e. The number of amides is 2. The van der Waals surface area contributed by atoms with Gasteiger partial charge in [0, 0.05) is 18.5 Å². The largest absolute Gasteiger partial charge is 0.497 e. The summed E-state index contributed by atoms with van der Waals surface area (Å²) in [4.78, 5) is 28.2. The van der Waals surface area contributed by atoms with Gasteiger partial charge in [0.1, 0.15) is 11.8 Å². The van der Waals surface area contributed by atoms with Crippen LogP contribution in [0.2, 0.25) is 0 Å². The Kier molecular flexibility index (Phi) is 9.30. The molecule has 1 N–H and O–H groups in total. The first-order valence-electron chi connectivity index (χ1n) is 11.5. The van der Waals surface area contributed by atoms with Crippen molar-refractivity contribution in [1.29, 1.82) is 0 Å². The standard InChI is InChI=1S/C27H38N2O3/c1-7-20-12-14-21(15-13-20)16-17-25(30)29(19-22-10-9-11-23(18-22)32-6)24(8-2)26(31)28-27(3,4)5/h9-15,18,24H,7-8,16-17,19H2,1-6H3,(H,28,31)/t24-/m0/s1. The molecule has 2 amide bonds. The fourth-order valence-electron chi connectivity index (χ4n) is 3.68. The minimum atomic E-state index is -0.532. The summed E-state index contributed by atoms with van der Waals surface area (Å²) in [5.74, 6) is 0.588. The Bertz CT molecular complexity index is 885. The molecule has 0 radical (unpaired) electrons. The molecule has 0 aliphatic rings. The number of ether oxygens (including phenoxy) is 1. The van der Waals surface area contributed by atoms with Crippen LogP contribution in [0.4, 0.5) is 0 Å². The molecule has 2 rings (SSSR count). The van der Waals surface area contributed by atoms with Crippen LogP contribution >= 0.6 is 0 Å². The molecule has 5 nitrogen and oxygen atoms in total. The van der Waals surface area contributed by atoms with Gasteiger partial charge in [-0.2, -0.15) is 0 Å². The Labute approximate surface area is 193 Å². The molecule has 0 aromatic heterocycles. The van der Waals surface area contributed by atoms with E-state index >= 15 is 0 Å². The van der Waals surface area contributed by atoms with Gasteiger partial charge in [0.25, 0.3) is 0 Å². The van der Waals surface area contributed by atoms with Gasteiger partial charge in [-0.1, -0.05) is 50.2 Å². The summed E-state index contributed by atoms with van der Waals surface area (Å²) >= 11 is 0. The van der Waals surface area contributed by atoms with E-state index in [1.165, 1.54) is 5.56 Å². The third-order valence-corrected chi connectivity index (χ3v) is 5.43. The zero-order valence-electron chi connectivity index (χ0n) is 20.4. The maximum absolute atomic E-state index is 13.4. The van der Waals surface area contributed by atoms with Crippen molar-refractivity contribution in [3.05, 3.63) is 65.2 Å². The molecule has 2 aromatic rings. The third-order valence-electron chi connectivity index (χ3n) is 5.43. The third kappa shape index (κ3) is 7.70. The van der Waals surface area contributed by atoms with Crippen molar-refractivity contribution >= 4 is 11.8 Å². The summed E-state index contributed by atoms with van der Waals surface area (Å²) in [7, 11) is 1.62. The van der Waals surface area contributed by atoms with E-state index in [1.54, 1.807) is 12.0 Å². The van der Waals surface area contributed by atoms with Gasteiger partial charge in [0.05, 0.1) is 7.11 Å². The fraction of sp³-hybridized carbons (Fsp3) is 0.481. The smallest absolute Gasteiger partial charge is 0.243 e. The van der Waals surface area contributed by atoms with E-state index < -0.39 is 6.04 Å². The number of aryl methyl sites for hydroxylation is 2. The number of nitrogens with zero attached hydrogens (tertiary/aromatic N) is 1. The molecule has 174 valence electrons. The highest BCUT2D eigenvalue weighted by Gasteiger charge is 2.30. The second-order valence-corrected chi connectivity index (χ2v) is 9.21. The Hall–Kier alpha value is -2.82.